The zero-order chi connectivity index (χ0) is 11.7. The van der Waals surface area contributed by atoms with Crippen LogP contribution >= 0.6 is 11.8 Å². The lowest BCUT2D eigenvalue weighted by Crippen LogP contribution is -2.34. The molecule has 5 heteroatoms. The molecule has 1 aliphatic rings. The van der Waals surface area contributed by atoms with Crippen LogP contribution in [0.1, 0.15) is 16.8 Å². The molecule has 1 aromatic carbocycles. The van der Waals surface area contributed by atoms with E-state index in [1.165, 1.54) is 0 Å². The Morgan fingerprint density at radius 2 is 2.47 bits per heavy atom. The van der Waals surface area contributed by atoms with Gasteiger partial charge in [-0.2, -0.15) is 11.8 Å². The minimum atomic E-state index is 0.00833. The number of aromatic amines is 1. The molecule has 2 N–H and O–H groups in total. The van der Waals surface area contributed by atoms with E-state index in [2.05, 4.69) is 15.3 Å². The minimum absolute atomic E-state index is 0.00833. The number of carbonyl (C=O) groups is 1. The molecule has 17 heavy (non-hydrogen) atoms. The van der Waals surface area contributed by atoms with Crippen molar-refractivity contribution in [3.8, 4) is 0 Å². The van der Waals surface area contributed by atoms with Gasteiger partial charge in [0.05, 0.1) is 17.4 Å². The van der Waals surface area contributed by atoms with Gasteiger partial charge in [-0.25, -0.2) is 4.98 Å². The molecule has 1 amide bonds. The fourth-order valence-electron chi connectivity index (χ4n) is 1.99. The van der Waals surface area contributed by atoms with Crippen LogP contribution in [-0.2, 0) is 0 Å². The number of carbonyl (C=O) groups excluding carboxylic acids is 1. The van der Waals surface area contributed by atoms with E-state index in [0.29, 0.717) is 11.6 Å². The fourth-order valence-corrected chi connectivity index (χ4v) is 3.15. The number of thioether (sulfide) groups is 1. The van der Waals surface area contributed by atoms with E-state index in [0.717, 1.165) is 29.0 Å². The standard InChI is InChI=1S/C12H13N3OS/c16-12(15-9-3-4-17-6-9)8-1-2-10-11(5-8)14-7-13-10/h1-2,5,7,9H,3-4,6H2,(H,13,14)(H,15,16). The minimum Gasteiger partial charge on any atom is -0.348 e. The molecule has 1 aliphatic heterocycles. The number of H-pyrrole nitrogens is 1. The van der Waals surface area contributed by atoms with Crippen molar-refractivity contribution in [1.29, 1.82) is 0 Å². The van der Waals surface area contributed by atoms with Gasteiger partial charge < -0.3 is 10.3 Å². The summed E-state index contributed by atoms with van der Waals surface area (Å²) in [5, 5.41) is 3.06. The molecule has 2 aromatic rings. The summed E-state index contributed by atoms with van der Waals surface area (Å²) >= 11 is 1.89. The summed E-state index contributed by atoms with van der Waals surface area (Å²) in [5.41, 5.74) is 2.48. The number of nitrogens with one attached hydrogen (secondary N) is 2. The predicted octanol–water partition coefficient (Wildman–Crippen LogP) is 1.80. The zero-order valence-electron chi connectivity index (χ0n) is 9.27. The van der Waals surface area contributed by atoms with Gasteiger partial charge in [-0.05, 0) is 30.4 Å². The Hall–Kier alpha value is -1.49. The van der Waals surface area contributed by atoms with E-state index < -0.39 is 0 Å². The molecule has 0 bridgehead atoms. The quantitative estimate of drug-likeness (QED) is 0.850. The second-order valence-corrected chi connectivity index (χ2v) is 5.32. The van der Waals surface area contributed by atoms with Gasteiger partial charge in [0.25, 0.3) is 5.91 Å². The summed E-state index contributed by atoms with van der Waals surface area (Å²) in [5.74, 6) is 2.18. The number of benzene rings is 1. The lowest BCUT2D eigenvalue weighted by Gasteiger charge is -2.10. The van der Waals surface area contributed by atoms with Crippen LogP contribution < -0.4 is 5.32 Å². The SMILES string of the molecule is O=C(NC1CCSC1)c1ccc2nc[nH]c2c1. The lowest BCUT2D eigenvalue weighted by atomic mass is 10.1. The summed E-state index contributed by atoms with van der Waals surface area (Å²) in [6, 6.07) is 5.86. The Kier molecular flexibility index (Phi) is 2.76. The number of aromatic nitrogens is 2. The smallest absolute Gasteiger partial charge is 0.251 e. The Morgan fingerprint density at radius 3 is 3.29 bits per heavy atom. The number of imidazole rings is 1. The molecular weight excluding hydrogens is 234 g/mol. The molecule has 88 valence electrons. The van der Waals surface area contributed by atoms with Crippen molar-refractivity contribution >= 4 is 28.7 Å². The van der Waals surface area contributed by atoms with Gasteiger partial charge in [0, 0.05) is 17.4 Å². The molecule has 0 spiro atoms. The Labute approximate surface area is 103 Å². The van der Waals surface area contributed by atoms with Crippen LogP contribution in [0, 0.1) is 0 Å². The fraction of sp³-hybridized carbons (Fsp3) is 0.333. The third-order valence-corrected chi connectivity index (χ3v) is 4.11. The first-order chi connectivity index (χ1) is 8.33. The highest BCUT2D eigenvalue weighted by atomic mass is 32.2. The van der Waals surface area contributed by atoms with E-state index in [9.17, 15) is 4.79 Å². The van der Waals surface area contributed by atoms with Gasteiger partial charge in [-0.3, -0.25) is 4.79 Å². The summed E-state index contributed by atoms with van der Waals surface area (Å²) in [7, 11) is 0. The van der Waals surface area contributed by atoms with E-state index in [1.807, 2.05) is 30.0 Å². The maximum absolute atomic E-state index is 12.0. The summed E-state index contributed by atoms with van der Waals surface area (Å²) in [4.78, 5) is 19.2. The average molecular weight is 247 g/mol. The molecule has 1 atom stereocenters. The largest absolute Gasteiger partial charge is 0.348 e. The van der Waals surface area contributed by atoms with Crippen LogP contribution in [-0.4, -0.2) is 33.4 Å². The van der Waals surface area contributed by atoms with Crippen molar-refractivity contribution in [3.63, 3.8) is 0 Å². The van der Waals surface area contributed by atoms with Crippen molar-refractivity contribution < 1.29 is 4.79 Å². The third kappa shape index (κ3) is 2.15. The van der Waals surface area contributed by atoms with Crippen LogP contribution in [0.2, 0.25) is 0 Å². The van der Waals surface area contributed by atoms with Gasteiger partial charge in [0.2, 0.25) is 0 Å². The number of amides is 1. The predicted molar refractivity (Wildman–Crippen MR) is 69.3 cm³/mol. The highest BCUT2D eigenvalue weighted by molar-refractivity contribution is 7.99. The molecule has 0 saturated carbocycles. The van der Waals surface area contributed by atoms with E-state index in [4.69, 9.17) is 0 Å². The van der Waals surface area contributed by atoms with E-state index in [1.54, 1.807) is 6.33 Å². The van der Waals surface area contributed by atoms with Crippen molar-refractivity contribution in [1.82, 2.24) is 15.3 Å². The normalized spacial score (nSPS) is 19.6. The molecule has 0 aliphatic carbocycles. The first-order valence-corrected chi connectivity index (χ1v) is 6.80. The average Bonchev–Trinajstić information content (AvgIpc) is 2.97. The molecule has 1 saturated heterocycles. The molecular formula is C12H13N3OS. The van der Waals surface area contributed by atoms with Gasteiger partial charge in [-0.1, -0.05) is 0 Å². The topological polar surface area (TPSA) is 57.8 Å². The monoisotopic (exact) mass is 247 g/mol. The van der Waals surface area contributed by atoms with E-state index in [-0.39, 0.29) is 5.91 Å². The maximum Gasteiger partial charge on any atom is 0.251 e. The van der Waals surface area contributed by atoms with Crippen molar-refractivity contribution in [3.05, 3.63) is 30.1 Å². The van der Waals surface area contributed by atoms with Crippen LogP contribution in [0.4, 0.5) is 0 Å². The second kappa shape index (κ2) is 4.41. The van der Waals surface area contributed by atoms with Gasteiger partial charge in [0.1, 0.15) is 0 Å². The number of hydrogen-bond acceptors (Lipinski definition) is 3. The Bertz CT molecular complexity index is 545. The number of fused-ring (bicyclic) bond motifs is 1. The molecule has 1 aromatic heterocycles. The van der Waals surface area contributed by atoms with Crippen molar-refractivity contribution in [2.75, 3.05) is 11.5 Å². The van der Waals surface area contributed by atoms with Crippen LogP contribution in [0.25, 0.3) is 11.0 Å². The summed E-state index contributed by atoms with van der Waals surface area (Å²) in [6.07, 6.45) is 2.71. The highest BCUT2D eigenvalue weighted by Gasteiger charge is 2.18. The Balaban J connectivity index is 1.79. The molecule has 2 heterocycles. The number of rotatable bonds is 2. The van der Waals surface area contributed by atoms with Gasteiger partial charge in [-0.15, -0.1) is 0 Å². The van der Waals surface area contributed by atoms with Crippen molar-refractivity contribution in [2.45, 2.75) is 12.5 Å². The molecule has 4 nitrogen and oxygen atoms in total. The summed E-state index contributed by atoms with van der Waals surface area (Å²) < 4.78 is 0. The molecule has 3 rings (SSSR count). The lowest BCUT2D eigenvalue weighted by molar-refractivity contribution is 0.0941. The third-order valence-electron chi connectivity index (χ3n) is 2.95. The number of nitrogens with zero attached hydrogens (tertiary/aromatic N) is 1. The first kappa shape index (κ1) is 10.7. The molecule has 1 fully saturated rings. The van der Waals surface area contributed by atoms with E-state index >= 15 is 0 Å². The van der Waals surface area contributed by atoms with Gasteiger partial charge in [0.15, 0.2) is 0 Å². The summed E-state index contributed by atoms with van der Waals surface area (Å²) in [6.45, 7) is 0. The highest BCUT2D eigenvalue weighted by Crippen LogP contribution is 2.18. The molecule has 0 radical (unpaired) electrons. The van der Waals surface area contributed by atoms with Crippen LogP contribution in [0.15, 0.2) is 24.5 Å². The maximum atomic E-state index is 12.0. The first-order valence-electron chi connectivity index (χ1n) is 5.65. The molecule has 1 unspecified atom stereocenters. The van der Waals surface area contributed by atoms with Gasteiger partial charge >= 0.3 is 0 Å². The Morgan fingerprint density at radius 1 is 1.53 bits per heavy atom. The van der Waals surface area contributed by atoms with Crippen LogP contribution in [0.3, 0.4) is 0 Å². The van der Waals surface area contributed by atoms with Crippen molar-refractivity contribution in [2.24, 2.45) is 0 Å². The zero-order valence-corrected chi connectivity index (χ0v) is 10.1. The second-order valence-electron chi connectivity index (χ2n) is 4.17. The number of hydrogen-bond donors (Lipinski definition) is 2. The van der Waals surface area contributed by atoms with Crippen LogP contribution in [0.5, 0.6) is 0 Å².